The van der Waals surface area contributed by atoms with Gasteiger partial charge in [0, 0.05) is 17.2 Å². The molecule has 0 fully saturated rings. The van der Waals surface area contributed by atoms with Crippen LogP contribution in [0.4, 0.5) is 13.2 Å². The number of ether oxygens (including phenoxy) is 2. The van der Waals surface area contributed by atoms with E-state index in [0.29, 0.717) is 27.4 Å². The molecule has 7 rings (SSSR count). The zero-order valence-corrected chi connectivity index (χ0v) is 28.9. The van der Waals surface area contributed by atoms with Crippen molar-refractivity contribution < 1.29 is 31.9 Å². The third kappa shape index (κ3) is 6.59. The van der Waals surface area contributed by atoms with Crippen molar-refractivity contribution in [1.29, 1.82) is 0 Å². The largest absolute Gasteiger partial charge is 0.496 e. The normalized spacial score (nSPS) is 14.8. The highest BCUT2D eigenvalue weighted by Gasteiger charge is 2.37. The predicted octanol–water partition coefficient (Wildman–Crippen LogP) is 7.18. The van der Waals surface area contributed by atoms with Crippen molar-refractivity contribution in [1.82, 2.24) is 14.5 Å². The molecule has 6 aromatic rings. The molecule has 1 aliphatic rings. The smallest absolute Gasteiger partial charge is 0.433 e. The fourth-order valence-electron chi connectivity index (χ4n) is 5.86. The molecule has 1 atom stereocenters. The van der Waals surface area contributed by atoms with Gasteiger partial charge < -0.3 is 13.9 Å². The van der Waals surface area contributed by atoms with Crippen LogP contribution < -0.4 is 19.6 Å². The second-order valence-corrected chi connectivity index (χ2v) is 13.2. The number of nitrogens with zero attached hydrogens (tertiary/aromatic N) is 4. The van der Waals surface area contributed by atoms with Crippen LogP contribution in [0.5, 0.6) is 5.75 Å². The summed E-state index contributed by atoms with van der Waals surface area (Å²) in [7, 11) is 1.53. The van der Waals surface area contributed by atoms with Crippen molar-refractivity contribution in [2.45, 2.75) is 36.3 Å². The Morgan fingerprint density at radius 1 is 1.04 bits per heavy atom. The van der Waals surface area contributed by atoms with Gasteiger partial charge in [0.05, 0.1) is 35.2 Å². The summed E-state index contributed by atoms with van der Waals surface area (Å²) in [6.45, 7) is 3.52. The van der Waals surface area contributed by atoms with Gasteiger partial charge >= 0.3 is 12.1 Å². The Kier molecular flexibility index (Phi) is 9.12. The van der Waals surface area contributed by atoms with Gasteiger partial charge in [0.1, 0.15) is 23.2 Å². The Bertz CT molecular complexity index is 2520. The summed E-state index contributed by atoms with van der Waals surface area (Å²) in [5, 5.41) is 1.73. The van der Waals surface area contributed by atoms with Crippen molar-refractivity contribution in [3.63, 3.8) is 0 Å². The number of benzene rings is 3. The lowest BCUT2D eigenvalue weighted by atomic mass is 9.90. The van der Waals surface area contributed by atoms with Crippen LogP contribution in [0.25, 0.3) is 28.1 Å². The second-order valence-electron chi connectivity index (χ2n) is 11.2. The summed E-state index contributed by atoms with van der Waals surface area (Å²) in [6, 6.07) is 22.9. The standard InChI is InChI=1S/C37H27F3N4O5S2/c1-4-48-34(46)30-20(2)41-36-44(32(30)31-24-13-9-8-10-21(24)14-16-26(31)47-3)33(45)27(50-36)18-23-15-17-29(49-23)51-35-42-25(22-11-6-5-7-12-22)19-28(43-35)37(38,39)40/h5-19,32H,4H2,1-3H3/b27-18+/t32-/m0/s1. The van der Waals surface area contributed by atoms with Gasteiger partial charge in [-0.1, -0.05) is 72.0 Å². The molecule has 0 aliphatic carbocycles. The average molecular weight is 729 g/mol. The van der Waals surface area contributed by atoms with Crippen molar-refractivity contribution in [3.05, 3.63) is 133 Å². The summed E-state index contributed by atoms with van der Waals surface area (Å²) in [6.07, 6.45) is -3.17. The van der Waals surface area contributed by atoms with Crippen LogP contribution >= 0.6 is 23.1 Å². The average Bonchev–Trinajstić information content (AvgIpc) is 3.69. The first-order chi connectivity index (χ1) is 24.5. The third-order valence-electron chi connectivity index (χ3n) is 8.07. The topological polar surface area (TPSA) is 109 Å². The number of carbonyl (C=O) groups is 1. The molecule has 51 heavy (non-hydrogen) atoms. The number of hydrogen-bond donors (Lipinski definition) is 0. The van der Waals surface area contributed by atoms with Gasteiger partial charge in [-0.05, 0) is 60.6 Å². The number of allylic oxidation sites excluding steroid dienone is 1. The van der Waals surface area contributed by atoms with Crippen LogP contribution in [0.2, 0.25) is 0 Å². The van der Waals surface area contributed by atoms with E-state index in [2.05, 4.69) is 15.0 Å². The number of esters is 1. The third-order valence-corrected chi connectivity index (χ3v) is 9.84. The Morgan fingerprint density at radius 3 is 2.55 bits per heavy atom. The van der Waals surface area contributed by atoms with Crippen molar-refractivity contribution in [2.75, 3.05) is 13.7 Å². The summed E-state index contributed by atoms with van der Waals surface area (Å²) in [4.78, 5) is 40.8. The molecule has 0 saturated carbocycles. The second kappa shape index (κ2) is 13.7. The highest BCUT2D eigenvalue weighted by molar-refractivity contribution is 7.99. The highest BCUT2D eigenvalue weighted by Crippen LogP contribution is 2.40. The van der Waals surface area contributed by atoms with E-state index in [1.165, 1.54) is 17.8 Å². The van der Waals surface area contributed by atoms with Gasteiger partial charge in [0.2, 0.25) is 0 Å². The quantitative estimate of drug-likeness (QED) is 0.120. The Labute approximate surface area is 296 Å². The highest BCUT2D eigenvalue weighted by atomic mass is 32.2. The van der Waals surface area contributed by atoms with E-state index in [4.69, 9.17) is 13.9 Å². The lowest BCUT2D eigenvalue weighted by molar-refractivity contribution is -0.141. The first kappa shape index (κ1) is 34.0. The number of methoxy groups -OCH3 is 1. The monoisotopic (exact) mass is 728 g/mol. The maximum absolute atomic E-state index is 14.3. The number of alkyl halides is 3. The molecule has 258 valence electrons. The number of fused-ring (bicyclic) bond motifs is 2. The molecular weight excluding hydrogens is 702 g/mol. The molecule has 14 heteroatoms. The van der Waals surface area contributed by atoms with Gasteiger partial charge in [-0.2, -0.15) is 13.2 Å². The molecule has 0 saturated heterocycles. The summed E-state index contributed by atoms with van der Waals surface area (Å²) in [5.41, 5.74) is 0.306. The lowest BCUT2D eigenvalue weighted by Crippen LogP contribution is -2.40. The van der Waals surface area contributed by atoms with Crippen LogP contribution in [-0.4, -0.2) is 34.2 Å². The first-order valence-corrected chi connectivity index (χ1v) is 17.2. The molecule has 0 amide bonds. The number of halogens is 3. The first-order valence-electron chi connectivity index (χ1n) is 15.6. The molecule has 1 aliphatic heterocycles. The Hall–Kier alpha value is -5.47. The number of hydrogen-bond acceptors (Lipinski definition) is 10. The molecule has 0 N–H and O–H groups in total. The van der Waals surface area contributed by atoms with E-state index >= 15 is 0 Å². The van der Waals surface area contributed by atoms with E-state index in [1.807, 2.05) is 30.3 Å². The van der Waals surface area contributed by atoms with Crippen LogP contribution in [-0.2, 0) is 15.7 Å². The van der Waals surface area contributed by atoms with E-state index < -0.39 is 29.4 Å². The minimum absolute atomic E-state index is 0.114. The minimum atomic E-state index is -4.69. The van der Waals surface area contributed by atoms with E-state index in [9.17, 15) is 22.8 Å². The van der Waals surface area contributed by atoms with Crippen LogP contribution in [0, 0.1) is 0 Å². The molecule has 0 unspecified atom stereocenters. The molecule has 3 aromatic carbocycles. The zero-order chi connectivity index (χ0) is 35.9. The molecule has 0 spiro atoms. The zero-order valence-electron chi connectivity index (χ0n) is 27.2. The summed E-state index contributed by atoms with van der Waals surface area (Å²) in [5.74, 6) is 0.135. The number of aromatic nitrogens is 3. The molecule has 9 nitrogen and oxygen atoms in total. The van der Waals surface area contributed by atoms with Crippen LogP contribution in [0.15, 0.2) is 121 Å². The van der Waals surface area contributed by atoms with E-state index in [-0.39, 0.29) is 38.4 Å². The van der Waals surface area contributed by atoms with Crippen LogP contribution in [0.3, 0.4) is 0 Å². The fraction of sp³-hybridized carbons (Fsp3) is 0.162. The van der Waals surface area contributed by atoms with Crippen molar-refractivity contribution in [3.8, 4) is 17.0 Å². The minimum Gasteiger partial charge on any atom is -0.496 e. The Balaban J connectivity index is 1.31. The van der Waals surface area contributed by atoms with E-state index in [1.54, 1.807) is 62.4 Å². The molecule has 4 heterocycles. The molecule has 0 bridgehead atoms. The number of thiazole rings is 1. The maximum Gasteiger partial charge on any atom is 0.433 e. The fourth-order valence-corrected chi connectivity index (χ4v) is 7.63. The molecule has 0 radical (unpaired) electrons. The maximum atomic E-state index is 14.3. The predicted molar refractivity (Wildman–Crippen MR) is 186 cm³/mol. The number of furan rings is 1. The van der Waals surface area contributed by atoms with Gasteiger partial charge in [0.25, 0.3) is 5.56 Å². The molecule has 3 aromatic heterocycles. The van der Waals surface area contributed by atoms with Gasteiger partial charge in [-0.3, -0.25) is 9.36 Å². The SMILES string of the molecule is CCOC(=O)C1=C(C)N=c2s/c(=C/c3ccc(Sc4nc(-c5ccccc5)cc(C(F)(F)F)n4)o3)c(=O)n2[C@@H]1c1c(OC)ccc2ccccc12. The summed E-state index contributed by atoms with van der Waals surface area (Å²) < 4.78 is 60.2. The van der Waals surface area contributed by atoms with Crippen molar-refractivity contribution >= 4 is 45.9 Å². The van der Waals surface area contributed by atoms with E-state index in [0.717, 1.165) is 39.9 Å². The van der Waals surface area contributed by atoms with Gasteiger partial charge in [-0.15, -0.1) is 0 Å². The lowest BCUT2D eigenvalue weighted by Gasteiger charge is -2.27. The van der Waals surface area contributed by atoms with Gasteiger partial charge in [-0.25, -0.2) is 19.8 Å². The summed E-state index contributed by atoms with van der Waals surface area (Å²) >= 11 is 1.93. The van der Waals surface area contributed by atoms with Crippen molar-refractivity contribution in [2.24, 2.45) is 4.99 Å². The molecular formula is C37H27F3N4O5S2. The van der Waals surface area contributed by atoms with Crippen LogP contribution in [0.1, 0.15) is 36.9 Å². The number of carbonyl (C=O) groups excluding carboxylic acids is 1. The number of rotatable bonds is 8. The van der Waals surface area contributed by atoms with Gasteiger partial charge in [0.15, 0.2) is 15.1 Å². The Morgan fingerprint density at radius 2 is 1.80 bits per heavy atom.